The zero-order valence-electron chi connectivity index (χ0n) is 10.2. The van der Waals surface area contributed by atoms with E-state index in [0.29, 0.717) is 11.1 Å². The summed E-state index contributed by atoms with van der Waals surface area (Å²) >= 11 is 1.99. The van der Waals surface area contributed by atoms with Crippen molar-refractivity contribution in [1.82, 2.24) is 0 Å². The minimum Gasteiger partial charge on any atom is -0.383 e. The van der Waals surface area contributed by atoms with E-state index in [4.69, 9.17) is 0 Å². The molecule has 1 unspecified atom stereocenters. The van der Waals surface area contributed by atoms with Crippen molar-refractivity contribution in [3.05, 3.63) is 81.4 Å². The molecule has 0 spiro atoms. The first-order chi connectivity index (χ1) is 9.24. The lowest BCUT2D eigenvalue weighted by atomic mass is 9.96. The number of carbonyl (C=O) groups excluding carboxylic acids is 1. The summed E-state index contributed by atoms with van der Waals surface area (Å²) in [6.07, 6.45) is -0.897. The monoisotopic (exact) mass is 364 g/mol. The Morgan fingerprint density at radius 2 is 1.53 bits per heavy atom. The molecule has 0 aliphatic carbocycles. The van der Waals surface area contributed by atoms with E-state index < -0.39 is 6.10 Å². The van der Waals surface area contributed by atoms with Gasteiger partial charge in [0, 0.05) is 11.1 Å². The van der Waals surface area contributed by atoms with Crippen LogP contribution in [0.3, 0.4) is 0 Å². The van der Waals surface area contributed by atoms with Crippen LogP contribution in [0.25, 0.3) is 0 Å². The number of aliphatic hydroxyl groups is 1. The second-order valence-electron chi connectivity index (χ2n) is 4.07. The van der Waals surface area contributed by atoms with Crippen molar-refractivity contribution in [2.24, 2.45) is 0 Å². The smallest absolute Gasteiger partial charge is 0.192 e. The van der Waals surface area contributed by atoms with Crippen molar-refractivity contribution in [2.45, 2.75) is 6.10 Å². The van der Waals surface area contributed by atoms with Gasteiger partial charge in [-0.05, 0) is 9.65 Å². The Bertz CT molecular complexity index is 576. The molecule has 0 aliphatic rings. The van der Waals surface area contributed by atoms with Gasteiger partial charge in [-0.25, -0.2) is 0 Å². The van der Waals surface area contributed by atoms with Crippen LogP contribution in [0.5, 0.6) is 0 Å². The van der Waals surface area contributed by atoms with Crippen molar-refractivity contribution in [3.63, 3.8) is 0 Å². The summed E-state index contributed by atoms with van der Waals surface area (Å²) in [6.45, 7) is 0. The molecule has 1 N–H and O–H groups in total. The number of carbonyl (C=O) groups is 1. The Kier molecular flexibility index (Phi) is 4.87. The van der Waals surface area contributed by atoms with E-state index in [9.17, 15) is 9.90 Å². The van der Waals surface area contributed by atoms with E-state index in [-0.39, 0.29) is 5.78 Å². The minimum atomic E-state index is -0.897. The van der Waals surface area contributed by atoms with Gasteiger partial charge in [0.25, 0.3) is 0 Å². The van der Waals surface area contributed by atoms with Crippen molar-refractivity contribution >= 4 is 28.4 Å². The lowest BCUT2D eigenvalue weighted by Gasteiger charge is -2.14. The van der Waals surface area contributed by atoms with Gasteiger partial charge in [-0.1, -0.05) is 83.3 Å². The molecule has 2 rings (SSSR count). The Morgan fingerprint density at radius 1 is 1.00 bits per heavy atom. The van der Waals surface area contributed by atoms with E-state index in [1.807, 2.05) is 71.1 Å². The van der Waals surface area contributed by atoms with Crippen molar-refractivity contribution < 1.29 is 9.90 Å². The predicted octanol–water partition coefficient (Wildman–Crippen LogP) is 3.92. The van der Waals surface area contributed by atoms with E-state index in [1.165, 1.54) is 0 Å². The van der Waals surface area contributed by atoms with Gasteiger partial charge in [0.05, 0.1) is 0 Å². The van der Waals surface area contributed by atoms with Gasteiger partial charge in [0.1, 0.15) is 6.10 Å². The number of rotatable bonds is 4. The van der Waals surface area contributed by atoms with Crippen LogP contribution in [-0.2, 0) is 0 Å². The maximum atomic E-state index is 12.4. The second kappa shape index (κ2) is 6.63. The van der Waals surface area contributed by atoms with Crippen LogP contribution in [0, 0.1) is 0 Å². The highest BCUT2D eigenvalue weighted by Gasteiger charge is 2.20. The van der Waals surface area contributed by atoms with Crippen LogP contribution in [0.1, 0.15) is 22.0 Å². The average molecular weight is 364 g/mol. The third-order valence-electron chi connectivity index (χ3n) is 2.83. The van der Waals surface area contributed by atoms with Gasteiger partial charge in [-0.2, -0.15) is 0 Å². The standard InChI is InChI=1S/C16H13IO2/c17-11-14(15(18)12-7-3-1-4-8-12)16(19)13-9-5-2-6-10-13/h1-11,15,18H/b14-11-. The van der Waals surface area contributed by atoms with Crippen LogP contribution in [0.15, 0.2) is 70.3 Å². The summed E-state index contributed by atoms with van der Waals surface area (Å²) in [7, 11) is 0. The molecule has 19 heavy (non-hydrogen) atoms. The van der Waals surface area contributed by atoms with E-state index in [0.717, 1.165) is 5.56 Å². The van der Waals surface area contributed by atoms with E-state index in [2.05, 4.69) is 0 Å². The summed E-state index contributed by atoms with van der Waals surface area (Å²) in [5.74, 6) is -0.147. The van der Waals surface area contributed by atoms with Crippen LogP contribution < -0.4 is 0 Å². The van der Waals surface area contributed by atoms with Gasteiger partial charge in [0.15, 0.2) is 5.78 Å². The van der Waals surface area contributed by atoms with Crippen LogP contribution >= 0.6 is 22.6 Å². The van der Waals surface area contributed by atoms with Crippen molar-refractivity contribution in [3.8, 4) is 0 Å². The molecule has 0 fully saturated rings. The average Bonchev–Trinajstić information content (AvgIpc) is 2.49. The molecule has 0 bridgehead atoms. The van der Waals surface area contributed by atoms with Crippen LogP contribution in [0.4, 0.5) is 0 Å². The Hall–Kier alpha value is -1.46. The van der Waals surface area contributed by atoms with E-state index in [1.54, 1.807) is 16.2 Å². The summed E-state index contributed by atoms with van der Waals surface area (Å²) in [6, 6.07) is 18.2. The summed E-state index contributed by atoms with van der Waals surface area (Å²) < 4.78 is 1.64. The first-order valence-electron chi connectivity index (χ1n) is 5.87. The Labute approximate surface area is 125 Å². The molecule has 0 aliphatic heterocycles. The van der Waals surface area contributed by atoms with Crippen LogP contribution in [-0.4, -0.2) is 10.9 Å². The molecule has 96 valence electrons. The van der Waals surface area contributed by atoms with Crippen LogP contribution in [0.2, 0.25) is 0 Å². The second-order valence-corrected chi connectivity index (χ2v) is 4.70. The molecule has 3 heteroatoms. The molecule has 0 aromatic heterocycles. The molecule has 0 radical (unpaired) electrons. The van der Waals surface area contributed by atoms with Gasteiger partial charge in [-0.15, -0.1) is 0 Å². The van der Waals surface area contributed by atoms with Crippen molar-refractivity contribution in [1.29, 1.82) is 0 Å². The highest BCUT2D eigenvalue weighted by atomic mass is 127. The summed E-state index contributed by atoms with van der Waals surface area (Å²) in [4.78, 5) is 12.4. The Morgan fingerprint density at radius 3 is 2.05 bits per heavy atom. The summed E-state index contributed by atoms with van der Waals surface area (Å²) in [5, 5.41) is 10.3. The van der Waals surface area contributed by atoms with Gasteiger partial charge in [-0.3, -0.25) is 4.79 Å². The molecular formula is C16H13IO2. The number of Topliss-reactive ketones (excluding diaryl/α,β-unsaturated/α-hetero) is 1. The topological polar surface area (TPSA) is 37.3 Å². The SMILES string of the molecule is O=C(/C(=C\I)C(O)c1ccccc1)c1ccccc1. The van der Waals surface area contributed by atoms with Gasteiger partial charge < -0.3 is 5.11 Å². The quantitative estimate of drug-likeness (QED) is 0.507. The number of halogens is 1. The maximum absolute atomic E-state index is 12.4. The lowest BCUT2D eigenvalue weighted by Crippen LogP contribution is -2.11. The number of hydrogen-bond acceptors (Lipinski definition) is 2. The van der Waals surface area contributed by atoms with E-state index >= 15 is 0 Å². The fourth-order valence-corrected chi connectivity index (χ4v) is 2.43. The zero-order valence-corrected chi connectivity index (χ0v) is 12.3. The number of hydrogen-bond donors (Lipinski definition) is 1. The molecule has 0 saturated heterocycles. The minimum absolute atomic E-state index is 0.147. The predicted molar refractivity (Wildman–Crippen MR) is 84.3 cm³/mol. The van der Waals surface area contributed by atoms with Gasteiger partial charge in [0.2, 0.25) is 0 Å². The molecule has 2 aromatic rings. The molecule has 0 heterocycles. The van der Waals surface area contributed by atoms with Gasteiger partial charge >= 0.3 is 0 Å². The first kappa shape index (κ1) is 14.0. The fraction of sp³-hybridized carbons (Fsp3) is 0.0625. The first-order valence-corrected chi connectivity index (χ1v) is 7.11. The molecule has 1 atom stereocenters. The normalized spacial score (nSPS) is 13.1. The zero-order chi connectivity index (χ0) is 13.7. The molecular weight excluding hydrogens is 351 g/mol. The Balaban J connectivity index is 2.29. The maximum Gasteiger partial charge on any atom is 0.192 e. The summed E-state index contributed by atoms with van der Waals surface area (Å²) in [5.41, 5.74) is 1.69. The van der Waals surface area contributed by atoms with Crippen molar-refractivity contribution in [2.75, 3.05) is 0 Å². The third-order valence-corrected chi connectivity index (χ3v) is 3.50. The molecule has 2 aromatic carbocycles. The molecule has 2 nitrogen and oxygen atoms in total. The number of ketones is 1. The molecule has 0 saturated carbocycles. The largest absolute Gasteiger partial charge is 0.383 e. The number of benzene rings is 2. The molecule has 0 amide bonds. The highest BCUT2D eigenvalue weighted by Crippen LogP contribution is 2.25. The third kappa shape index (κ3) is 3.30. The highest BCUT2D eigenvalue weighted by molar-refractivity contribution is 14.1. The number of aliphatic hydroxyl groups excluding tert-OH is 1. The fourth-order valence-electron chi connectivity index (χ4n) is 1.80. The lowest BCUT2D eigenvalue weighted by molar-refractivity contribution is 0.0988.